The van der Waals surface area contributed by atoms with E-state index < -0.39 is 23.4 Å². The molecule has 0 aliphatic carbocycles. The molecule has 0 bridgehead atoms. The molecule has 1 aliphatic rings. The number of amides is 2. The van der Waals surface area contributed by atoms with Gasteiger partial charge in [-0.25, -0.2) is 9.59 Å². The number of hydrogen-bond acceptors (Lipinski definition) is 7. The van der Waals surface area contributed by atoms with Crippen molar-refractivity contribution in [2.45, 2.75) is 58.8 Å². The van der Waals surface area contributed by atoms with Gasteiger partial charge in [0, 0.05) is 25.2 Å². The Hall–Kier alpha value is -3.10. The number of aromatic nitrogens is 2. The number of benzene rings is 1. The molecule has 1 unspecified atom stereocenters. The Labute approximate surface area is 182 Å². The molecule has 3 rings (SSSR count). The van der Waals surface area contributed by atoms with E-state index in [0.717, 1.165) is 11.1 Å². The van der Waals surface area contributed by atoms with E-state index >= 15 is 0 Å². The minimum absolute atomic E-state index is 0.301. The average molecular weight is 431 g/mol. The number of carbonyl (C=O) groups excluding carboxylic acids is 2. The monoisotopic (exact) mass is 430 g/mol. The van der Waals surface area contributed by atoms with Gasteiger partial charge in [0.05, 0.1) is 6.04 Å². The minimum Gasteiger partial charge on any atom is -0.444 e. The summed E-state index contributed by atoms with van der Waals surface area (Å²) < 4.78 is 15.9. The number of carbonyl (C=O) groups is 2. The Morgan fingerprint density at radius 2 is 1.58 bits per heavy atom. The number of ether oxygens (including phenoxy) is 2. The van der Waals surface area contributed by atoms with Gasteiger partial charge >= 0.3 is 12.2 Å². The largest absolute Gasteiger partial charge is 0.444 e. The molecule has 0 saturated carbocycles. The first kappa shape index (κ1) is 22.6. The predicted octanol–water partition coefficient (Wildman–Crippen LogP) is 4.27. The molecule has 9 nitrogen and oxygen atoms in total. The van der Waals surface area contributed by atoms with Crippen LogP contribution in [-0.2, 0) is 9.47 Å². The fourth-order valence-corrected chi connectivity index (χ4v) is 3.25. The van der Waals surface area contributed by atoms with E-state index in [1.54, 1.807) is 9.80 Å². The van der Waals surface area contributed by atoms with E-state index in [0.29, 0.717) is 25.5 Å². The lowest BCUT2D eigenvalue weighted by Gasteiger charge is -2.42. The van der Waals surface area contributed by atoms with E-state index in [1.165, 1.54) is 6.39 Å². The highest BCUT2D eigenvalue weighted by Crippen LogP contribution is 2.29. The van der Waals surface area contributed by atoms with E-state index in [-0.39, 0.29) is 6.04 Å². The van der Waals surface area contributed by atoms with Crippen LogP contribution in [0.25, 0.3) is 11.4 Å². The molecule has 1 atom stereocenters. The van der Waals surface area contributed by atoms with Crippen LogP contribution in [0.1, 0.15) is 53.1 Å². The zero-order valence-electron chi connectivity index (χ0n) is 18.9. The molecule has 2 heterocycles. The van der Waals surface area contributed by atoms with Crippen molar-refractivity contribution in [1.29, 1.82) is 0 Å². The van der Waals surface area contributed by atoms with Crippen molar-refractivity contribution in [3.63, 3.8) is 0 Å². The average Bonchev–Trinajstić information content (AvgIpc) is 3.20. The molecule has 1 aromatic heterocycles. The fourth-order valence-electron chi connectivity index (χ4n) is 3.25. The maximum absolute atomic E-state index is 12.9. The molecule has 1 aromatic carbocycles. The maximum atomic E-state index is 12.9. The highest BCUT2D eigenvalue weighted by molar-refractivity contribution is 5.71. The number of rotatable bonds is 2. The molecular formula is C22H30N4O5. The molecule has 2 aromatic rings. The van der Waals surface area contributed by atoms with E-state index in [1.807, 2.05) is 65.8 Å². The minimum atomic E-state index is -0.619. The van der Waals surface area contributed by atoms with Crippen molar-refractivity contribution in [3.05, 3.63) is 36.2 Å². The first-order valence-corrected chi connectivity index (χ1v) is 10.3. The molecule has 31 heavy (non-hydrogen) atoms. The van der Waals surface area contributed by atoms with Crippen LogP contribution < -0.4 is 0 Å². The highest BCUT2D eigenvalue weighted by atomic mass is 16.6. The van der Waals surface area contributed by atoms with Gasteiger partial charge in [-0.1, -0.05) is 29.4 Å². The van der Waals surface area contributed by atoms with Crippen LogP contribution in [-0.4, -0.2) is 63.0 Å². The van der Waals surface area contributed by atoms with Gasteiger partial charge in [0.15, 0.2) is 0 Å². The van der Waals surface area contributed by atoms with Crippen molar-refractivity contribution in [2.75, 3.05) is 19.6 Å². The maximum Gasteiger partial charge on any atom is 0.410 e. The summed E-state index contributed by atoms with van der Waals surface area (Å²) >= 11 is 0. The zero-order chi connectivity index (χ0) is 22.8. The van der Waals surface area contributed by atoms with Crippen LogP contribution in [0.2, 0.25) is 0 Å². The Kier molecular flexibility index (Phi) is 6.24. The van der Waals surface area contributed by atoms with Gasteiger partial charge in [0.1, 0.15) is 11.2 Å². The van der Waals surface area contributed by atoms with Gasteiger partial charge in [-0.2, -0.15) is 4.98 Å². The van der Waals surface area contributed by atoms with Gasteiger partial charge in [0.2, 0.25) is 12.2 Å². The molecule has 1 fully saturated rings. The second-order valence-corrected chi connectivity index (χ2v) is 9.49. The van der Waals surface area contributed by atoms with E-state index in [4.69, 9.17) is 14.0 Å². The van der Waals surface area contributed by atoms with E-state index in [2.05, 4.69) is 10.1 Å². The summed E-state index contributed by atoms with van der Waals surface area (Å²) in [4.78, 5) is 32.9. The summed E-state index contributed by atoms with van der Waals surface area (Å²) in [5.41, 5.74) is 0.445. The zero-order valence-corrected chi connectivity index (χ0v) is 18.9. The SMILES string of the molecule is CC(C)(C)OC(=O)N1CCN(C(=O)OC(C)(C)C)C(c2ccc(-c3ncon3)cc2)C1. The molecule has 9 heteroatoms. The van der Waals surface area contributed by atoms with Crippen LogP contribution in [0.4, 0.5) is 9.59 Å². The number of piperazine rings is 1. The van der Waals surface area contributed by atoms with Crippen LogP contribution >= 0.6 is 0 Å². The van der Waals surface area contributed by atoms with Gasteiger partial charge in [0.25, 0.3) is 0 Å². The lowest BCUT2D eigenvalue weighted by atomic mass is 10.0. The third-order valence-electron chi connectivity index (χ3n) is 4.58. The smallest absolute Gasteiger partial charge is 0.410 e. The Bertz CT molecular complexity index is 897. The van der Waals surface area contributed by atoms with Crippen LogP contribution in [0.5, 0.6) is 0 Å². The molecule has 168 valence electrons. The number of nitrogens with zero attached hydrogens (tertiary/aromatic N) is 4. The third-order valence-corrected chi connectivity index (χ3v) is 4.58. The third kappa shape index (κ3) is 5.96. The normalized spacial score (nSPS) is 17.4. The molecule has 1 aliphatic heterocycles. The van der Waals surface area contributed by atoms with Crippen molar-refractivity contribution < 1.29 is 23.6 Å². The second-order valence-electron chi connectivity index (χ2n) is 9.49. The predicted molar refractivity (Wildman–Crippen MR) is 113 cm³/mol. The Morgan fingerprint density at radius 3 is 2.13 bits per heavy atom. The van der Waals surface area contributed by atoms with E-state index in [9.17, 15) is 9.59 Å². The second kappa shape index (κ2) is 8.56. The lowest BCUT2D eigenvalue weighted by molar-refractivity contribution is -0.0152. The highest BCUT2D eigenvalue weighted by Gasteiger charge is 2.37. The van der Waals surface area contributed by atoms with Crippen molar-refractivity contribution in [1.82, 2.24) is 19.9 Å². The van der Waals surface area contributed by atoms with Crippen molar-refractivity contribution in [3.8, 4) is 11.4 Å². The summed E-state index contributed by atoms with van der Waals surface area (Å²) in [6.07, 6.45) is 0.459. The van der Waals surface area contributed by atoms with Crippen molar-refractivity contribution in [2.24, 2.45) is 0 Å². The molecule has 2 amide bonds. The lowest BCUT2D eigenvalue weighted by Crippen LogP contribution is -2.54. The first-order valence-electron chi connectivity index (χ1n) is 10.3. The Balaban J connectivity index is 1.85. The summed E-state index contributed by atoms with van der Waals surface area (Å²) in [6, 6.07) is 7.13. The summed E-state index contributed by atoms with van der Waals surface area (Å²) in [6.45, 7) is 12.0. The quantitative estimate of drug-likeness (QED) is 0.702. The number of hydrogen-bond donors (Lipinski definition) is 0. The molecule has 1 saturated heterocycles. The Morgan fingerprint density at radius 1 is 0.968 bits per heavy atom. The van der Waals surface area contributed by atoms with Gasteiger partial charge in [-0.3, -0.25) is 4.90 Å². The van der Waals surface area contributed by atoms with Gasteiger partial charge < -0.3 is 18.9 Å². The van der Waals surface area contributed by atoms with Crippen LogP contribution in [0, 0.1) is 0 Å². The first-order chi connectivity index (χ1) is 14.4. The summed E-state index contributed by atoms with van der Waals surface area (Å²) in [7, 11) is 0. The fraction of sp³-hybridized carbons (Fsp3) is 0.545. The van der Waals surface area contributed by atoms with Crippen LogP contribution in [0.3, 0.4) is 0 Å². The molecule has 0 radical (unpaired) electrons. The summed E-state index contributed by atoms with van der Waals surface area (Å²) in [5, 5.41) is 3.84. The molecule has 0 N–H and O–H groups in total. The van der Waals surface area contributed by atoms with Crippen molar-refractivity contribution >= 4 is 12.2 Å². The topological polar surface area (TPSA) is 98.0 Å². The summed E-state index contributed by atoms with van der Waals surface area (Å²) in [5.74, 6) is 0.481. The standard InChI is InChI=1S/C22H30N4O5/c1-21(2,3)30-19(27)25-11-12-26(20(28)31-22(4,5)6)17(13-25)15-7-9-16(10-8-15)18-23-14-29-24-18/h7-10,14,17H,11-13H2,1-6H3. The van der Waals surface area contributed by atoms with Gasteiger partial charge in [-0.15, -0.1) is 0 Å². The van der Waals surface area contributed by atoms with Gasteiger partial charge in [-0.05, 0) is 47.1 Å². The molecule has 0 spiro atoms. The molecular weight excluding hydrogens is 400 g/mol. The van der Waals surface area contributed by atoms with Crippen LogP contribution in [0.15, 0.2) is 35.2 Å².